The first kappa shape index (κ1) is 26.8. The molecule has 9 nitrogen and oxygen atoms in total. The maximum atomic E-state index is 13.3. The highest BCUT2D eigenvalue weighted by Gasteiger charge is 2.39. The molecule has 0 radical (unpaired) electrons. The van der Waals surface area contributed by atoms with E-state index in [1.54, 1.807) is 38.2 Å². The summed E-state index contributed by atoms with van der Waals surface area (Å²) in [6.45, 7) is 7.28. The number of amides is 2. The molecule has 2 atom stereocenters. The zero-order valence-corrected chi connectivity index (χ0v) is 22.5. The summed E-state index contributed by atoms with van der Waals surface area (Å²) in [6, 6.07) is 14.9. The molecule has 0 unspecified atom stereocenters. The summed E-state index contributed by atoms with van der Waals surface area (Å²) in [6.07, 6.45) is 0. The second kappa shape index (κ2) is 11.0. The lowest BCUT2D eigenvalue weighted by Crippen LogP contribution is -2.56. The first-order valence-corrected chi connectivity index (χ1v) is 13.9. The Morgan fingerprint density at radius 2 is 1.76 bits per heavy atom. The summed E-state index contributed by atoms with van der Waals surface area (Å²) in [5.41, 5.74) is 2.72. The number of carbonyl (C=O) groups is 2. The number of piperazine rings is 1. The van der Waals surface area contributed by atoms with Gasteiger partial charge in [-0.15, -0.1) is 0 Å². The normalized spacial score (nSPS) is 21.6. The Morgan fingerprint density at radius 3 is 2.38 bits per heavy atom. The Morgan fingerprint density at radius 1 is 1.08 bits per heavy atom. The summed E-state index contributed by atoms with van der Waals surface area (Å²) in [5, 5.41) is 2.92. The van der Waals surface area contributed by atoms with Gasteiger partial charge < -0.3 is 10.1 Å². The number of benzene rings is 2. The fourth-order valence-corrected chi connectivity index (χ4v) is 6.48. The number of nitrogens with zero attached hydrogens (tertiary/aromatic N) is 3. The fraction of sp³-hybridized carbons (Fsp3) is 0.407. The van der Waals surface area contributed by atoms with Gasteiger partial charge in [-0.05, 0) is 38.5 Å². The van der Waals surface area contributed by atoms with Crippen LogP contribution in [0, 0.1) is 6.92 Å². The molecule has 2 amide bonds. The van der Waals surface area contributed by atoms with Gasteiger partial charge in [-0.2, -0.15) is 4.31 Å². The molecule has 37 heavy (non-hydrogen) atoms. The molecule has 0 aliphatic carbocycles. The fourth-order valence-electron chi connectivity index (χ4n) is 4.87. The zero-order valence-electron chi connectivity index (χ0n) is 21.7. The summed E-state index contributed by atoms with van der Waals surface area (Å²) in [5.74, 6) is -0.480. The largest absolute Gasteiger partial charge is 0.463 e. The van der Waals surface area contributed by atoms with Crippen LogP contribution in [0.2, 0.25) is 0 Å². The molecule has 198 valence electrons. The van der Waals surface area contributed by atoms with E-state index in [-0.39, 0.29) is 23.6 Å². The number of hydrogen-bond donors (Lipinski definition) is 1. The summed E-state index contributed by atoms with van der Waals surface area (Å²) in [7, 11) is -2.00. The molecule has 2 heterocycles. The Kier molecular flexibility index (Phi) is 8.01. The van der Waals surface area contributed by atoms with Gasteiger partial charge in [0.1, 0.15) is 0 Å². The van der Waals surface area contributed by atoms with E-state index in [0.717, 1.165) is 11.1 Å². The van der Waals surface area contributed by atoms with Gasteiger partial charge in [0.05, 0.1) is 23.1 Å². The van der Waals surface area contributed by atoms with Crippen LogP contribution >= 0.6 is 0 Å². The van der Waals surface area contributed by atoms with Crippen LogP contribution in [0.1, 0.15) is 31.0 Å². The highest BCUT2D eigenvalue weighted by Crippen LogP contribution is 2.32. The lowest BCUT2D eigenvalue weighted by molar-refractivity contribution is -0.139. The zero-order chi connectivity index (χ0) is 26.7. The third-order valence-electron chi connectivity index (χ3n) is 6.86. The molecule has 1 N–H and O–H groups in total. The summed E-state index contributed by atoms with van der Waals surface area (Å²) in [4.78, 5) is 29.9. The van der Waals surface area contributed by atoms with E-state index >= 15 is 0 Å². The maximum absolute atomic E-state index is 13.3. The van der Waals surface area contributed by atoms with Crippen molar-refractivity contribution in [1.29, 1.82) is 0 Å². The van der Waals surface area contributed by atoms with Crippen molar-refractivity contribution < 1.29 is 22.7 Å². The average molecular weight is 527 g/mol. The second-order valence-corrected chi connectivity index (χ2v) is 11.3. The molecule has 10 heteroatoms. The van der Waals surface area contributed by atoms with Gasteiger partial charge in [-0.1, -0.05) is 48.0 Å². The van der Waals surface area contributed by atoms with E-state index in [4.69, 9.17) is 4.74 Å². The van der Waals surface area contributed by atoms with Gasteiger partial charge in [-0.25, -0.2) is 18.0 Å². The number of hydrogen-bond acceptors (Lipinski definition) is 6. The predicted molar refractivity (Wildman–Crippen MR) is 140 cm³/mol. The highest BCUT2D eigenvalue weighted by atomic mass is 32.2. The third kappa shape index (κ3) is 5.56. The quantitative estimate of drug-likeness (QED) is 0.557. The van der Waals surface area contributed by atoms with Crippen molar-refractivity contribution in [3.8, 4) is 0 Å². The van der Waals surface area contributed by atoms with Crippen molar-refractivity contribution in [1.82, 2.24) is 19.4 Å². The van der Waals surface area contributed by atoms with Gasteiger partial charge in [0.15, 0.2) is 0 Å². The molecule has 0 spiro atoms. The van der Waals surface area contributed by atoms with Crippen LogP contribution in [-0.4, -0.2) is 80.4 Å². The third-order valence-corrected chi connectivity index (χ3v) is 8.88. The van der Waals surface area contributed by atoms with Crippen molar-refractivity contribution in [3.63, 3.8) is 0 Å². The average Bonchev–Trinajstić information content (AvgIpc) is 2.87. The number of esters is 1. The van der Waals surface area contributed by atoms with E-state index in [0.29, 0.717) is 37.4 Å². The molecule has 2 aliphatic heterocycles. The number of urea groups is 1. The van der Waals surface area contributed by atoms with Crippen molar-refractivity contribution >= 4 is 22.0 Å². The Hall–Kier alpha value is -3.21. The molecule has 2 aromatic rings. The number of nitrogens with one attached hydrogen (secondary N) is 1. The molecule has 1 fully saturated rings. The first-order chi connectivity index (χ1) is 17.6. The molecular formula is C27H34N4O5S. The maximum Gasteiger partial charge on any atom is 0.338 e. The lowest BCUT2D eigenvalue weighted by atomic mass is 9.94. The number of rotatable bonds is 7. The highest BCUT2D eigenvalue weighted by molar-refractivity contribution is 7.89. The van der Waals surface area contributed by atoms with Crippen molar-refractivity contribution in [2.24, 2.45) is 0 Å². The lowest BCUT2D eigenvalue weighted by Gasteiger charge is -2.41. The SMILES string of the molecule is CCOC(=O)C1=C(CN2CCN(S(=O)(=O)c3ccc(C)cc3)[C@@H](C)C2)N(C)C(=O)N[C@H]1c1ccccc1. The molecule has 0 aromatic heterocycles. The number of ether oxygens (including phenoxy) is 1. The Bertz CT molecular complexity index is 1280. The minimum absolute atomic E-state index is 0.210. The number of sulfonamides is 1. The minimum atomic E-state index is -3.63. The smallest absolute Gasteiger partial charge is 0.338 e. The van der Waals surface area contributed by atoms with Crippen LogP contribution in [0.4, 0.5) is 4.79 Å². The predicted octanol–water partition coefficient (Wildman–Crippen LogP) is 2.90. The summed E-state index contributed by atoms with van der Waals surface area (Å²) >= 11 is 0. The van der Waals surface area contributed by atoms with Crippen molar-refractivity contribution in [2.75, 3.05) is 39.8 Å². The number of carbonyl (C=O) groups excluding carboxylic acids is 2. The summed E-state index contributed by atoms with van der Waals surface area (Å²) < 4.78 is 33.5. The van der Waals surface area contributed by atoms with E-state index in [2.05, 4.69) is 10.2 Å². The molecule has 0 bridgehead atoms. The number of likely N-dealkylation sites (N-methyl/N-ethyl adjacent to an activating group) is 1. The molecule has 2 aromatic carbocycles. The van der Waals surface area contributed by atoms with E-state index in [9.17, 15) is 18.0 Å². The van der Waals surface area contributed by atoms with Gasteiger partial charge >= 0.3 is 12.0 Å². The van der Waals surface area contributed by atoms with Crippen molar-refractivity contribution in [2.45, 2.75) is 37.8 Å². The van der Waals surface area contributed by atoms with E-state index in [1.807, 2.05) is 44.2 Å². The van der Waals surface area contributed by atoms with Crippen LogP contribution in [0.15, 0.2) is 70.8 Å². The van der Waals surface area contributed by atoms with Crippen LogP contribution in [0.25, 0.3) is 0 Å². The molecule has 4 rings (SSSR count). The minimum Gasteiger partial charge on any atom is -0.463 e. The monoisotopic (exact) mass is 526 g/mol. The molecule has 0 saturated carbocycles. The van der Waals surface area contributed by atoms with E-state index in [1.165, 1.54) is 9.21 Å². The van der Waals surface area contributed by atoms with Crippen LogP contribution < -0.4 is 5.32 Å². The second-order valence-electron chi connectivity index (χ2n) is 9.45. The van der Waals surface area contributed by atoms with Crippen LogP contribution in [0.3, 0.4) is 0 Å². The Labute approximate surface area is 218 Å². The van der Waals surface area contributed by atoms with E-state index < -0.39 is 22.0 Å². The van der Waals surface area contributed by atoms with Crippen LogP contribution in [-0.2, 0) is 19.6 Å². The van der Waals surface area contributed by atoms with Crippen LogP contribution in [0.5, 0.6) is 0 Å². The van der Waals surface area contributed by atoms with Gasteiger partial charge in [0.25, 0.3) is 0 Å². The molecular weight excluding hydrogens is 492 g/mol. The van der Waals surface area contributed by atoms with Gasteiger partial charge in [0, 0.05) is 45.0 Å². The van der Waals surface area contributed by atoms with Gasteiger partial charge in [-0.3, -0.25) is 9.80 Å². The topological polar surface area (TPSA) is 99.3 Å². The van der Waals surface area contributed by atoms with Gasteiger partial charge in [0.2, 0.25) is 10.0 Å². The standard InChI is InChI=1S/C27H34N4O5S/c1-5-36-26(32)24-23(29(4)27(33)28-25(24)21-9-7-6-8-10-21)18-30-15-16-31(20(3)17-30)37(34,35)22-13-11-19(2)12-14-22/h6-14,20,25H,5,15-18H2,1-4H3,(H,28,33)/t20-,25-/m0/s1. The van der Waals surface area contributed by atoms with Crippen molar-refractivity contribution in [3.05, 3.63) is 77.0 Å². The first-order valence-electron chi connectivity index (χ1n) is 12.4. The Balaban J connectivity index is 1.61. The molecule has 1 saturated heterocycles. The number of aryl methyl sites for hydroxylation is 1. The molecule has 2 aliphatic rings.